The van der Waals surface area contributed by atoms with Gasteiger partial charge in [-0.1, -0.05) is 0 Å². The fraction of sp³-hybridized carbons (Fsp3) is 0.435. The molecule has 0 spiro atoms. The van der Waals surface area contributed by atoms with Crippen LogP contribution in [0.3, 0.4) is 0 Å². The minimum absolute atomic E-state index is 0.227. The zero-order valence-electron chi connectivity index (χ0n) is 17.7. The molecule has 0 amide bonds. The SMILES string of the molecule is Fc1ccc2c(CCNC(=NCCN3CCOCC3)NCCc3ccco3)c[nH]c2c1. The van der Waals surface area contributed by atoms with E-state index in [1.54, 1.807) is 6.26 Å². The van der Waals surface area contributed by atoms with Gasteiger partial charge in [0.25, 0.3) is 0 Å². The number of aromatic nitrogens is 1. The number of nitrogens with zero attached hydrogens (tertiary/aromatic N) is 2. The van der Waals surface area contributed by atoms with Crippen molar-refractivity contribution in [3.63, 3.8) is 0 Å². The van der Waals surface area contributed by atoms with Crippen LogP contribution in [0.15, 0.2) is 52.2 Å². The zero-order valence-corrected chi connectivity index (χ0v) is 17.7. The average molecular weight is 428 g/mol. The summed E-state index contributed by atoms with van der Waals surface area (Å²) in [4.78, 5) is 10.3. The first-order valence-electron chi connectivity index (χ1n) is 10.9. The topological polar surface area (TPSA) is 77.8 Å². The van der Waals surface area contributed by atoms with Crippen molar-refractivity contribution in [2.45, 2.75) is 12.8 Å². The molecule has 0 saturated carbocycles. The van der Waals surface area contributed by atoms with Gasteiger partial charge in [-0.15, -0.1) is 0 Å². The number of hydrogen-bond acceptors (Lipinski definition) is 4. The summed E-state index contributed by atoms with van der Waals surface area (Å²) in [7, 11) is 0. The van der Waals surface area contributed by atoms with Crippen LogP contribution in [0.1, 0.15) is 11.3 Å². The molecule has 0 atom stereocenters. The van der Waals surface area contributed by atoms with Crippen LogP contribution >= 0.6 is 0 Å². The molecule has 1 fully saturated rings. The lowest BCUT2D eigenvalue weighted by atomic mass is 10.1. The first-order valence-corrected chi connectivity index (χ1v) is 10.9. The predicted molar refractivity (Wildman–Crippen MR) is 120 cm³/mol. The quantitative estimate of drug-likeness (QED) is 0.361. The van der Waals surface area contributed by atoms with Crippen molar-refractivity contribution in [1.29, 1.82) is 0 Å². The summed E-state index contributed by atoms with van der Waals surface area (Å²) in [5, 5.41) is 7.88. The maximum atomic E-state index is 13.4. The van der Waals surface area contributed by atoms with Gasteiger partial charge in [0, 0.05) is 56.2 Å². The van der Waals surface area contributed by atoms with Crippen molar-refractivity contribution in [3.05, 3.63) is 59.9 Å². The van der Waals surface area contributed by atoms with Crippen molar-refractivity contribution in [2.75, 3.05) is 52.5 Å². The van der Waals surface area contributed by atoms with Gasteiger partial charge < -0.3 is 24.8 Å². The third-order valence-electron chi connectivity index (χ3n) is 5.45. The van der Waals surface area contributed by atoms with Gasteiger partial charge in [0.1, 0.15) is 11.6 Å². The van der Waals surface area contributed by atoms with Crippen molar-refractivity contribution in [3.8, 4) is 0 Å². The summed E-state index contributed by atoms with van der Waals surface area (Å²) in [5.74, 6) is 1.52. The molecule has 3 aromatic rings. The van der Waals surface area contributed by atoms with E-state index in [4.69, 9.17) is 14.1 Å². The van der Waals surface area contributed by atoms with Gasteiger partial charge in [-0.2, -0.15) is 0 Å². The van der Waals surface area contributed by atoms with E-state index in [0.29, 0.717) is 0 Å². The second-order valence-corrected chi connectivity index (χ2v) is 7.62. The van der Waals surface area contributed by atoms with Gasteiger partial charge in [0.05, 0.1) is 26.0 Å². The van der Waals surface area contributed by atoms with Crippen LogP contribution in [-0.4, -0.2) is 68.3 Å². The summed E-state index contributed by atoms with van der Waals surface area (Å²) < 4.78 is 24.2. The van der Waals surface area contributed by atoms with Gasteiger partial charge >= 0.3 is 0 Å². The normalized spacial score (nSPS) is 15.5. The molecule has 1 aliphatic rings. The maximum Gasteiger partial charge on any atom is 0.191 e. The molecule has 8 heteroatoms. The number of fused-ring (bicyclic) bond motifs is 1. The van der Waals surface area contributed by atoms with Gasteiger partial charge in [0.15, 0.2) is 5.96 Å². The van der Waals surface area contributed by atoms with Crippen molar-refractivity contribution in [1.82, 2.24) is 20.5 Å². The minimum Gasteiger partial charge on any atom is -0.469 e. The molecule has 0 aliphatic carbocycles. The Morgan fingerprint density at radius 2 is 1.97 bits per heavy atom. The molecular weight excluding hydrogens is 397 g/mol. The molecule has 0 radical (unpaired) electrons. The van der Waals surface area contributed by atoms with Crippen LogP contribution in [0.2, 0.25) is 0 Å². The number of furan rings is 1. The number of nitrogens with one attached hydrogen (secondary N) is 3. The number of aromatic amines is 1. The maximum absolute atomic E-state index is 13.4. The van der Waals surface area contributed by atoms with Gasteiger partial charge in [-0.05, 0) is 42.3 Å². The second-order valence-electron chi connectivity index (χ2n) is 7.62. The van der Waals surface area contributed by atoms with Crippen molar-refractivity contribution < 1.29 is 13.5 Å². The molecule has 7 nitrogen and oxygen atoms in total. The van der Waals surface area contributed by atoms with Crippen LogP contribution in [-0.2, 0) is 17.6 Å². The standard InChI is InChI=1S/C23H30FN5O2/c24-19-3-4-21-18(17-28-22(21)16-19)5-7-25-23(26-8-6-20-2-1-13-31-20)27-9-10-29-11-14-30-15-12-29/h1-4,13,16-17,28H,5-12,14-15H2,(H2,25,26,27). The number of guanidine groups is 1. The fourth-order valence-electron chi connectivity index (χ4n) is 3.74. The largest absolute Gasteiger partial charge is 0.469 e. The molecule has 3 N–H and O–H groups in total. The van der Waals surface area contributed by atoms with E-state index in [9.17, 15) is 4.39 Å². The van der Waals surface area contributed by atoms with E-state index >= 15 is 0 Å². The van der Waals surface area contributed by atoms with Gasteiger partial charge in [-0.25, -0.2) is 4.39 Å². The molecule has 2 aromatic heterocycles. The molecule has 0 unspecified atom stereocenters. The number of rotatable bonds is 9. The van der Waals surface area contributed by atoms with Crippen LogP contribution in [0.4, 0.5) is 4.39 Å². The Bertz CT molecular complexity index is 964. The van der Waals surface area contributed by atoms with E-state index in [-0.39, 0.29) is 5.82 Å². The molecule has 1 saturated heterocycles. The molecular formula is C23H30FN5O2. The molecule has 166 valence electrons. The highest BCUT2D eigenvalue weighted by Gasteiger charge is 2.10. The number of halogens is 1. The summed E-state index contributed by atoms with van der Waals surface area (Å²) in [6, 6.07) is 8.74. The minimum atomic E-state index is -0.227. The number of benzene rings is 1. The smallest absolute Gasteiger partial charge is 0.191 e. The van der Waals surface area contributed by atoms with Crippen LogP contribution < -0.4 is 10.6 Å². The summed E-state index contributed by atoms with van der Waals surface area (Å²) >= 11 is 0. The Kier molecular flexibility index (Phi) is 7.57. The molecule has 4 rings (SSSR count). The van der Waals surface area contributed by atoms with Gasteiger partial charge in [0.2, 0.25) is 0 Å². The van der Waals surface area contributed by atoms with Crippen molar-refractivity contribution in [2.24, 2.45) is 4.99 Å². The predicted octanol–water partition coefficient (Wildman–Crippen LogP) is 2.55. The third-order valence-corrected chi connectivity index (χ3v) is 5.45. The van der Waals surface area contributed by atoms with Crippen LogP contribution in [0, 0.1) is 5.82 Å². The fourth-order valence-corrected chi connectivity index (χ4v) is 3.74. The molecule has 0 bridgehead atoms. The summed E-state index contributed by atoms with van der Waals surface area (Å²) in [6.07, 6.45) is 5.25. The Morgan fingerprint density at radius 3 is 2.77 bits per heavy atom. The van der Waals surface area contributed by atoms with E-state index in [1.165, 1.54) is 12.1 Å². The lowest BCUT2D eigenvalue weighted by Crippen LogP contribution is -2.41. The molecule has 31 heavy (non-hydrogen) atoms. The van der Waals surface area contributed by atoms with E-state index in [1.807, 2.05) is 24.4 Å². The lowest BCUT2D eigenvalue weighted by molar-refractivity contribution is 0.0394. The Hall–Kier alpha value is -2.84. The lowest BCUT2D eigenvalue weighted by Gasteiger charge is -2.25. The second kappa shape index (κ2) is 11.0. The molecule has 1 aliphatic heterocycles. The molecule has 3 heterocycles. The third kappa shape index (κ3) is 6.32. The van der Waals surface area contributed by atoms with Crippen molar-refractivity contribution >= 4 is 16.9 Å². The van der Waals surface area contributed by atoms with E-state index < -0.39 is 0 Å². The number of aliphatic imine (C=N–C) groups is 1. The Labute approximate surface area is 181 Å². The van der Waals surface area contributed by atoms with E-state index in [2.05, 4.69) is 20.5 Å². The summed E-state index contributed by atoms with van der Waals surface area (Å²) in [5.41, 5.74) is 1.98. The van der Waals surface area contributed by atoms with Gasteiger partial charge in [-0.3, -0.25) is 9.89 Å². The Morgan fingerprint density at radius 1 is 1.13 bits per heavy atom. The van der Waals surface area contributed by atoms with Crippen LogP contribution in [0.25, 0.3) is 10.9 Å². The summed E-state index contributed by atoms with van der Waals surface area (Å²) in [6.45, 7) is 6.63. The number of ether oxygens (including phenoxy) is 1. The Balaban J connectivity index is 1.30. The first-order chi connectivity index (χ1) is 15.3. The number of H-pyrrole nitrogens is 1. The monoisotopic (exact) mass is 427 g/mol. The van der Waals surface area contributed by atoms with Crippen LogP contribution in [0.5, 0.6) is 0 Å². The molecule has 1 aromatic carbocycles. The number of morpholine rings is 1. The zero-order chi connectivity index (χ0) is 21.3. The highest BCUT2D eigenvalue weighted by atomic mass is 19.1. The first kappa shape index (κ1) is 21.4. The highest BCUT2D eigenvalue weighted by molar-refractivity contribution is 5.83. The van der Waals surface area contributed by atoms with E-state index in [0.717, 1.165) is 93.5 Å². The number of hydrogen-bond donors (Lipinski definition) is 3. The highest BCUT2D eigenvalue weighted by Crippen LogP contribution is 2.19. The average Bonchev–Trinajstić information content (AvgIpc) is 3.44.